The van der Waals surface area contributed by atoms with Crippen molar-refractivity contribution >= 4 is 0 Å². The number of hydrogen-bond acceptors (Lipinski definition) is 4. The van der Waals surface area contributed by atoms with Crippen LogP contribution in [0.3, 0.4) is 0 Å². The van der Waals surface area contributed by atoms with Gasteiger partial charge in [-0.05, 0) is 55.7 Å². The predicted octanol–water partition coefficient (Wildman–Crippen LogP) is 6.50. The molecule has 0 unspecified atom stereocenters. The number of ether oxygens (including phenoxy) is 4. The maximum atomic E-state index is 14.3. The molecule has 2 aliphatic rings. The van der Waals surface area contributed by atoms with Gasteiger partial charge in [0.25, 0.3) is 0 Å². The Labute approximate surface area is 186 Å². The number of alkyl halides is 3. The zero-order valence-electron chi connectivity index (χ0n) is 18.4. The summed E-state index contributed by atoms with van der Waals surface area (Å²) >= 11 is 0. The molecule has 0 radical (unpaired) electrons. The van der Waals surface area contributed by atoms with Gasteiger partial charge in [0.15, 0.2) is 17.9 Å². The second kappa shape index (κ2) is 12.0. The van der Waals surface area contributed by atoms with Crippen molar-refractivity contribution in [2.75, 3.05) is 19.8 Å². The highest BCUT2D eigenvalue weighted by Crippen LogP contribution is 2.39. The van der Waals surface area contributed by atoms with Gasteiger partial charge in [0.1, 0.15) is 6.10 Å². The van der Waals surface area contributed by atoms with Crippen LogP contribution in [0.2, 0.25) is 0 Å². The smallest absolute Gasteiger partial charge is 0.412 e. The molecule has 0 aromatic heterocycles. The molecule has 1 heterocycles. The van der Waals surface area contributed by atoms with Gasteiger partial charge in [0, 0.05) is 12.5 Å². The Kier molecular flexibility index (Phi) is 9.37. The molecule has 8 heteroatoms. The fourth-order valence-corrected chi connectivity index (χ4v) is 4.25. The van der Waals surface area contributed by atoms with E-state index in [0.29, 0.717) is 25.4 Å². The third-order valence-electron chi connectivity index (χ3n) is 6.03. The van der Waals surface area contributed by atoms with Gasteiger partial charge in [-0.2, -0.15) is 13.2 Å². The second-order valence-electron chi connectivity index (χ2n) is 8.50. The molecule has 0 atom stereocenters. The van der Waals surface area contributed by atoms with E-state index in [1.807, 2.05) is 0 Å². The second-order valence-corrected chi connectivity index (χ2v) is 8.50. The molecule has 1 saturated carbocycles. The summed E-state index contributed by atoms with van der Waals surface area (Å²) in [5.74, 6) is -0.398. The van der Waals surface area contributed by atoms with Crippen LogP contribution >= 0.6 is 0 Å². The van der Waals surface area contributed by atoms with Crippen molar-refractivity contribution in [1.82, 2.24) is 0 Å². The van der Waals surface area contributed by atoms with Gasteiger partial charge >= 0.3 is 6.18 Å². The first-order valence-electron chi connectivity index (χ1n) is 11.4. The molecule has 0 spiro atoms. The Balaban J connectivity index is 1.42. The fourth-order valence-electron chi connectivity index (χ4n) is 4.25. The summed E-state index contributed by atoms with van der Waals surface area (Å²) < 4.78 is 73.1. The average molecular weight is 461 g/mol. The first-order chi connectivity index (χ1) is 15.4. The van der Waals surface area contributed by atoms with E-state index in [-0.39, 0.29) is 30.1 Å². The molecular weight excluding hydrogens is 428 g/mol. The van der Waals surface area contributed by atoms with Crippen molar-refractivity contribution in [2.45, 2.75) is 76.4 Å². The highest BCUT2D eigenvalue weighted by atomic mass is 19.4. The van der Waals surface area contributed by atoms with E-state index in [9.17, 15) is 17.6 Å². The standard InChI is InChI=1S/C24H32F4O4/c1-2-3-4-12-29-20-15-31-23(32-16-20)18-7-5-17(6-8-18)19-9-10-22(21(25)14-19)30-13-11-24(26,27)28/h9-11,13-14,17-18,20,23H,2-8,12,15-16H2,1H3/b13-11-. The fraction of sp³-hybridized carbons (Fsp3) is 0.667. The van der Waals surface area contributed by atoms with Gasteiger partial charge in [-0.1, -0.05) is 25.8 Å². The third kappa shape index (κ3) is 7.74. The molecule has 180 valence electrons. The van der Waals surface area contributed by atoms with Gasteiger partial charge in [0.05, 0.1) is 25.6 Å². The molecule has 2 fully saturated rings. The van der Waals surface area contributed by atoms with E-state index in [1.165, 1.54) is 12.1 Å². The van der Waals surface area contributed by atoms with Crippen LogP contribution in [0.5, 0.6) is 5.75 Å². The average Bonchev–Trinajstić information content (AvgIpc) is 2.78. The Morgan fingerprint density at radius 2 is 1.78 bits per heavy atom. The Hall–Kier alpha value is -1.64. The highest BCUT2D eigenvalue weighted by molar-refractivity contribution is 5.32. The molecule has 1 aliphatic carbocycles. The zero-order valence-corrected chi connectivity index (χ0v) is 18.4. The lowest BCUT2D eigenvalue weighted by Crippen LogP contribution is -2.42. The molecule has 0 bridgehead atoms. The molecule has 3 rings (SSSR count). The maximum Gasteiger partial charge on any atom is 0.412 e. The van der Waals surface area contributed by atoms with Crippen LogP contribution in [-0.4, -0.2) is 38.4 Å². The van der Waals surface area contributed by atoms with Crippen LogP contribution in [0.15, 0.2) is 30.5 Å². The van der Waals surface area contributed by atoms with Crippen LogP contribution in [0.1, 0.15) is 63.4 Å². The minimum Gasteiger partial charge on any atom is -0.462 e. The Morgan fingerprint density at radius 3 is 2.41 bits per heavy atom. The number of rotatable bonds is 9. The minimum atomic E-state index is -4.50. The SMILES string of the molecule is CCCCCOC1COC(C2CCC(c3ccc(O/C=C\C(F)(F)F)c(F)c3)CC2)OC1. The van der Waals surface area contributed by atoms with Crippen molar-refractivity contribution in [3.8, 4) is 5.75 Å². The molecule has 0 amide bonds. The van der Waals surface area contributed by atoms with E-state index in [0.717, 1.165) is 57.1 Å². The number of halogens is 4. The predicted molar refractivity (Wildman–Crippen MR) is 112 cm³/mol. The van der Waals surface area contributed by atoms with Crippen LogP contribution in [0.4, 0.5) is 17.6 Å². The van der Waals surface area contributed by atoms with Crippen LogP contribution in [0, 0.1) is 11.7 Å². The summed E-state index contributed by atoms with van der Waals surface area (Å²) in [4.78, 5) is 0. The highest BCUT2D eigenvalue weighted by Gasteiger charge is 2.33. The molecule has 1 aliphatic heterocycles. The number of unbranched alkanes of at least 4 members (excludes halogenated alkanes) is 2. The molecule has 1 aromatic rings. The molecular formula is C24H32F4O4. The van der Waals surface area contributed by atoms with Crippen molar-refractivity contribution in [3.63, 3.8) is 0 Å². The first-order valence-corrected chi connectivity index (χ1v) is 11.4. The summed E-state index contributed by atoms with van der Waals surface area (Å²) in [5.41, 5.74) is 0.833. The number of allylic oxidation sites excluding steroid dienone is 1. The van der Waals surface area contributed by atoms with Crippen LogP contribution in [0.25, 0.3) is 0 Å². The molecule has 4 nitrogen and oxygen atoms in total. The lowest BCUT2D eigenvalue weighted by atomic mass is 9.78. The van der Waals surface area contributed by atoms with Crippen molar-refractivity contribution in [2.24, 2.45) is 5.92 Å². The van der Waals surface area contributed by atoms with Gasteiger partial charge < -0.3 is 18.9 Å². The monoisotopic (exact) mass is 460 g/mol. The van der Waals surface area contributed by atoms with Crippen molar-refractivity contribution < 1.29 is 36.5 Å². The van der Waals surface area contributed by atoms with Crippen LogP contribution < -0.4 is 4.74 Å². The van der Waals surface area contributed by atoms with Gasteiger partial charge in [-0.25, -0.2) is 4.39 Å². The van der Waals surface area contributed by atoms with E-state index in [2.05, 4.69) is 6.92 Å². The van der Waals surface area contributed by atoms with E-state index >= 15 is 0 Å². The van der Waals surface area contributed by atoms with Crippen molar-refractivity contribution in [1.29, 1.82) is 0 Å². The lowest BCUT2D eigenvalue weighted by Gasteiger charge is -2.37. The maximum absolute atomic E-state index is 14.3. The quantitative estimate of drug-likeness (QED) is 0.239. The first kappa shape index (κ1) is 25.0. The number of hydrogen-bond donors (Lipinski definition) is 0. The summed E-state index contributed by atoms with van der Waals surface area (Å²) in [6.07, 6.45) is 2.60. The number of benzene rings is 1. The Morgan fingerprint density at radius 1 is 1.06 bits per heavy atom. The van der Waals surface area contributed by atoms with E-state index in [1.54, 1.807) is 6.07 Å². The molecule has 1 saturated heterocycles. The molecule has 32 heavy (non-hydrogen) atoms. The zero-order chi connectivity index (χ0) is 23.0. The van der Waals surface area contributed by atoms with Gasteiger partial charge in [0.2, 0.25) is 0 Å². The molecule has 1 aromatic carbocycles. The minimum absolute atomic E-state index is 0.00543. The largest absolute Gasteiger partial charge is 0.462 e. The summed E-state index contributed by atoms with van der Waals surface area (Å²) in [5, 5.41) is 0. The summed E-state index contributed by atoms with van der Waals surface area (Å²) in [6.45, 7) is 3.99. The molecule has 0 N–H and O–H groups in total. The summed E-state index contributed by atoms with van der Waals surface area (Å²) in [7, 11) is 0. The Bertz CT molecular complexity index is 721. The van der Waals surface area contributed by atoms with Crippen molar-refractivity contribution in [3.05, 3.63) is 41.9 Å². The third-order valence-corrected chi connectivity index (χ3v) is 6.03. The van der Waals surface area contributed by atoms with Gasteiger partial charge in [-0.3, -0.25) is 0 Å². The summed E-state index contributed by atoms with van der Waals surface area (Å²) in [6, 6.07) is 4.46. The van der Waals surface area contributed by atoms with Crippen LogP contribution in [-0.2, 0) is 14.2 Å². The van der Waals surface area contributed by atoms with E-state index < -0.39 is 12.0 Å². The van der Waals surface area contributed by atoms with E-state index in [4.69, 9.17) is 18.9 Å². The normalized spacial score (nSPS) is 27.0. The lowest BCUT2D eigenvalue weighted by molar-refractivity contribution is -0.249. The van der Waals surface area contributed by atoms with Gasteiger partial charge in [-0.15, -0.1) is 0 Å². The topological polar surface area (TPSA) is 36.9 Å².